The summed E-state index contributed by atoms with van der Waals surface area (Å²) in [7, 11) is 0. The van der Waals surface area contributed by atoms with Crippen LogP contribution in [-0.4, -0.2) is 23.3 Å². The third kappa shape index (κ3) is 5.49. The number of carbonyl (C=O) groups excluding carboxylic acids is 2. The number of nitrogens with zero attached hydrogens (tertiary/aromatic N) is 1. The van der Waals surface area contributed by atoms with Gasteiger partial charge in [0.25, 0.3) is 0 Å². The maximum absolute atomic E-state index is 12.9. The standard InChI is InChI=1S/C17H16BrFN2O2/c1-12(22)21(10-13-2-6-15(19)7-3-13)11-17(23)20-16-8-4-14(18)5-9-16/h2-9H,10-11H2,1H3,(H,20,23). The molecular weight excluding hydrogens is 363 g/mol. The summed E-state index contributed by atoms with van der Waals surface area (Å²) in [5.41, 5.74) is 1.42. The van der Waals surface area contributed by atoms with Crippen molar-refractivity contribution in [2.45, 2.75) is 13.5 Å². The zero-order chi connectivity index (χ0) is 16.8. The molecule has 0 spiro atoms. The van der Waals surface area contributed by atoms with Crippen molar-refractivity contribution in [2.75, 3.05) is 11.9 Å². The smallest absolute Gasteiger partial charge is 0.244 e. The van der Waals surface area contributed by atoms with Crippen LogP contribution >= 0.6 is 15.9 Å². The zero-order valence-electron chi connectivity index (χ0n) is 12.6. The minimum atomic E-state index is -0.337. The summed E-state index contributed by atoms with van der Waals surface area (Å²) >= 11 is 3.32. The van der Waals surface area contributed by atoms with Gasteiger partial charge in [0.15, 0.2) is 0 Å². The molecule has 0 atom stereocenters. The van der Waals surface area contributed by atoms with E-state index in [4.69, 9.17) is 0 Å². The van der Waals surface area contributed by atoms with Gasteiger partial charge in [-0.25, -0.2) is 4.39 Å². The second-order valence-corrected chi connectivity index (χ2v) is 5.97. The first-order valence-corrected chi connectivity index (χ1v) is 7.79. The molecule has 0 aliphatic rings. The van der Waals surface area contributed by atoms with E-state index in [1.807, 2.05) is 12.1 Å². The summed E-state index contributed by atoms with van der Waals surface area (Å²) in [6.07, 6.45) is 0. The molecule has 120 valence electrons. The van der Waals surface area contributed by atoms with Crippen LogP contribution in [0.25, 0.3) is 0 Å². The van der Waals surface area contributed by atoms with Crippen LogP contribution in [0.15, 0.2) is 53.0 Å². The van der Waals surface area contributed by atoms with E-state index < -0.39 is 0 Å². The van der Waals surface area contributed by atoms with Gasteiger partial charge >= 0.3 is 0 Å². The van der Waals surface area contributed by atoms with Crippen molar-refractivity contribution in [3.05, 3.63) is 64.4 Å². The third-order valence-electron chi connectivity index (χ3n) is 3.19. The van der Waals surface area contributed by atoms with Crippen LogP contribution in [0.4, 0.5) is 10.1 Å². The van der Waals surface area contributed by atoms with Gasteiger partial charge in [-0.15, -0.1) is 0 Å². The molecule has 2 rings (SSSR count). The number of nitrogens with one attached hydrogen (secondary N) is 1. The number of hydrogen-bond acceptors (Lipinski definition) is 2. The number of benzene rings is 2. The van der Waals surface area contributed by atoms with Gasteiger partial charge in [0.05, 0.1) is 0 Å². The number of rotatable bonds is 5. The fourth-order valence-corrected chi connectivity index (χ4v) is 2.26. The Balaban J connectivity index is 1.98. The molecule has 0 bridgehead atoms. The van der Waals surface area contributed by atoms with Gasteiger partial charge in [-0.2, -0.15) is 0 Å². The summed E-state index contributed by atoms with van der Waals surface area (Å²) < 4.78 is 13.8. The van der Waals surface area contributed by atoms with E-state index in [9.17, 15) is 14.0 Å². The molecule has 0 unspecified atom stereocenters. The van der Waals surface area contributed by atoms with Crippen molar-refractivity contribution in [1.82, 2.24) is 4.90 Å². The van der Waals surface area contributed by atoms with Gasteiger partial charge in [0.1, 0.15) is 12.4 Å². The highest BCUT2D eigenvalue weighted by Gasteiger charge is 2.14. The van der Waals surface area contributed by atoms with Crippen molar-refractivity contribution >= 4 is 33.4 Å². The molecule has 0 saturated carbocycles. The lowest BCUT2D eigenvalue weighted by Gasteiger charge is -2.20. The van der Waals surface area contributed by atoms with Gasteiger partial charge in [-0.05, 0) is 42.0 Å². The van der Waals surface area contributed by atoms with Crippen LogP contribution in [-0.2, 0) is 16.1 Å². The third-order valence-corrected chi connectivity index (χ3v) is 3.72. The Hall–Kier alpha value is -2.21. The van der Waals surface area contributed by atoms with E-state index >= 15 is 0 Å². The van der Waals surface area contributed by atoms with Crippen LogP contribution in [0.2, 0.25) is 0 Å². The van der Waals surface area contributed by atoms with Crippen molar-refractivity contribution in [3.63, 3.8) is 0 Å². The highest BCUT2D eigenvalue weighted by molar-refractivity contribution is 9.10. The monoisotopic (exact) mass is 378 g/mol. The largest absolute Gasteiger partial charge is 0.329 e. The molecule has 0 heterocycles. The van der Waals surface area contributed by atoms with E-state index in [2.05, 4.69) is 21.2 Å². The van der Waals surface area contributed by atoms with Crippen LogP contribution in [0, 0.1) is 5.82 Å². The fraction of sp³-hybridized carbons (Fsp3) is 0.176. The van der Waals surface area contributed by atoms with Gasteiger partial charge in [-0.1, -0.05) is 28.1 Å². The lowest BCUT2D eigenvalue weighted by molar-refractivity contribution is -0.133. The predicted molar refractivity (Wildman–Crippen MR) is 90.3 cm³/mol. The quantitative estimate of drug-likeness (QED) is 0.864. The minimum absolute atomic E-state index is 0.0667. The normalized spacial score (nSPS) is 10.2. The van der Waals surface area contributed by atoms with E-state index in [1.54, 1.807) is 24.3 Å². The molecule has 2 aromatic rings. The first-order valence-electron chi connectivity index (χ1n) is 6.99. The first-order chi connectivity index (χ1) is 10.9. The number of anilines is 1. The average molecular weight is 379 g/mol. The molecule has 0 fully saturated rings. The van der Waals surface area contributed by atoms with E-state index in [0.717, 1.165) is 10.0 Å². The predicted octanol–water partition coefficient (Wildman–Crippen LogP) is 3.58. The summed E-state index contributed by atoms with van der Waals surface area (Å²) in [5, 5.41) is 2.74. The Morgan fingerprint density at radius 1 is 1.09 bits per heavy atom. The molecule has 4 nitrogen and oxygen atoms in total. The topological polar surface area (TPSA) is 49.4 Å². The molecule has 6 heteroatoms. The summed E-state index contributed by atoms with van der Waals surface area (Å²) in [6.45, 7) is 1.59. The summed E-state index contributed by atoms with van der Waals surface area (Å²) in [5.74, 6) is -0.846. The maximum Gasteiger partial charge on any atom is 0.244 e. The Morgan fingerprint density at radius 2 is 1.70 bits per heavy atom. The lowest BCUT2D eigenvalue weighted by atomic mass is 10.2. The van der Waals surface area contributed by atoms with Crippen LogP contribution in [0.3, 0.4) is 0 Å². The molecule has 2 aromatic carbocycles. The Morgan fingerprint density at radius 3 is 2.26 bits per heavy atom. The molecule has 2 amide bonds. The molecular formula is C17H16BrFN2O2. The van der Waals surface area contributed by atoms with Gasteiger partial charge in [0, 0.05) is 23.6 Å². The minimum Gasteiger partial charge on any atom is -0.329 e. The van der Waals surface area contributed by atoms with E-state index in [1.165, 1.54) is 24.0 Å². The number of hydrogen-bond donors (Lipinski definition) is 1. The Kier molecular flexibility index (Phi) is 5.87. The van der Waals surface area contributed by atoms with Crippen LogP contribution < -0.4 is 5.32 Å². The molecule has 0 aliphatic heterocycles. The second kappa shape index (κ2) is 7.87. The zero-order valence-corrected chi connectivity index (χ0v) is 14.1. The lowest BCUT2D eigenvalue weighted by Crippen LogP contribution is -2.36. The molecule has 0 radical (unpaired) electrons. The fourth-order valence-electron chi connectivity index (χ4n) is 2.00. The van der Waals surface area contributed by atoms with Crippen LogP contribution in [0.5, 0.6) is 0 Å². The first kappa shape index (κ1) is 17.1. The van der Waals surface area contributed by atoms with E-state index in [0.29, 0.717) is 5.69 Å². The summed E-state index contributed by atoms with van der Waals surface area (Å²) in [6, 6.07) is 13.0. The highest BCUT2D eigenvalue weighted by Crippen LogP contribution is 2.14. The molecule has 23 heavy (non-hydrogen) atoms. The maximum atomic E-state index is 12.9. The Labute approximate surface area is 142 Å². The molecule has 0 saturated heterocycles. The SMILES string of the molecule is CC(=O)N(CC(=O)Nc1ccc(Br)cc1)Cc1ccc(F)cc1. The van der Waals surface area contributed by atoms with Gasteiger partial charge in [0.2, 0.25) is 11.8 Å². The van der Waals surface area contributed by atoms with Gasteiger partial charge in [-0.3, -0.25) is 9.59 Å². The molecule has 0 aromatic heterocycles. The van der Waals surface area contributed by atoms with Crippen molar-refractivity contribution < 1.29 is 14.0 Å². The number of halogens is 2. The Bertz CT molecular complexity index is 687. The van der Waals surface area contributed by atoms with Gasteiger partial charge < -0.3 is 10.2 Å². The second-order valence-electron chi connectivity index (χ2n) is 5.06. The number of carbonyl (C=O) groups is 2. The van der Waals surface area contributed by atoms with Crippen molar-refractivity contribution in [1.29, 1.82) is 0 Å². The average Bonchev–Trinajstić information content (AvgIpc) is 2.51. The molecule has 1 N–H and O–H groups in total. The highest BCUT2D eigenvalue weighted by atomic mass is 79.9. The van der Waals surface area contributed by atoms with E-state index in [-0.39, 0.29) is 30.7 Å². The van der Waals surface area contributed by atoms with Crippen molar-refractivity contribution in [3.8, 4) is 0 Å². The number of amides is 2. The molecule has 0 aliphatic carbocycles. The summed E-state index contributed by atoms with van der Waals surface area (Å²) in [4.78, 5) is 25.2. The van der Waals surface area contributed by atoms with Crippen molar-refractivity contribution in [2.24, 2.45) is 0 Å². The van der Waals surface area contributed by atoms with Crippen LogP contribution in [0.1, 0.15) is 12.5 Å².